The molecule has 0 saturated heterocycles. The molecule has 0 aliphatic heterocycles. The number of pyridine rings is 1. The lowest BCUT2D eigenvalue weighted by Gasteiger charge is -2.09. The average Bonchev–Trinajstić information content (AvgIpc) is 2.81. The van der Waals surface area contributed by atoms with Crippen molar-refractivity contribution in [3.8, 4) is 0 Å². The standard InChI is InChI=1S/C12H16N6O/c1-8-3-11(17-13)10(6-14-8)12(19)15-4-9-5-16-18(2)7-9/h3,5-7H,4,13H2,1-2H3,(H,14,17)(H,15,19). The van der Waals surface area contributed by atoms with E-state index in [4.69, 9.17) is 5.84 Å². The van der Waals surface area contributed by atoms with Gasteiger partial charge in [-0.1, -0.05) is 0 Å². The quantitative estimate of drug-likeness (QED) is 0.544. The second-order valence-electron chi connectivity index (χ2n) is 4.22. The van der Waals surface area contributed by atoms with E-state index in [1.54, 1.807) is 16.9 Å². The van der Waals surface area contributed by atoms with E-state index in [0.717, 1.165) is 11.3 Å². The summed E-state index contributed by atoms with van der Waals surface area (Å²) >= 11 is 0. The molecule has 7 heteroatoms. The third kappa shape index (κ3) is 3.08. The molecule has 0 unspecified atom stereocenters. The summed E-state index contributed by atoms with van der Waals surface area (Å²) in [6, 6.07) is 1.72. The van der Waals surface area contributed by atoms with Crippen LogP contribution in [0.15, 0.2) is 24.7 Å². The van der Waals surface area contributed by atoms with Crippen LogP contribution in [0.5, 0.6) is 0 Å². The third-order valence-electron chi connectivity index (χ3n) is 2.65. The number of nitrogens with zero attached hydrogens (tertiary/aromatic N) is 3. The van der Waals surface area contributed by atoms with Crippen molar-refractivity contribution < 1.29 is 4.79 Å². The smallest absolute Gasteiger partial charge is 0.255 e. The molecule has 0 saturated carbocycles. The first-order chi connectivity index (χ1) is 9.10. The largest absolute Gasteiger partial charge is 0.348 e. The van der Waals surface area contributed by atoms with Gasteiger partial charge in [-0.2, -0.15) is 5.10 Å². The maximum atomic E-state index is 12.0. The van der Waals surface area contributed by atoms with E-state index >= 15 is 0 Å². The van der Waals surface area contributed by atoms with Gasteiger partial charge in [0.1, 0.15) is 0 Å². The monoisotopic (exact) mass is 260 g/mol. The molecule has 2 aromatic rings. The second kappa shape index (κ2) is 5.49. The van der Waals surface area contributed by atoms with Crippen LogP contribution in [0.3, 0.4) is 0 Å². The van der Waals surface area contributed by atoms with Gasteiger partial charge in [0, 0.05) is 37.2 Å². The van der Waals surface area contributed by atoms with Crippen LogP contribution < -0.4 is 16.6 Å². The van der Waals surface area contributed by atoms with Crippen molar-refractivity contribution in [1.82, 2.24) is 20.1 Å². The summed E-state index contributed by atoms with van der Waals surface area (Å²) in [4.78, 5) is 16.1. The van der Waals surface area contributed by atoms with Crippen LogP contribution in [0.25, 0.3) is 0 Å². The maximum absolute atomic E-state index is 12.0. The number of nitrogen functional groups attached to an aromatic ring is 1. The topological polar surface area (TPSA) is 97.9 Å². The predicted octanol–water partition coefficient (Wildman–Crippen LogP) is 0.339. The van der Waals surface area contributed by atoms with Crippen molar-refractivity contribution >= 4 is 11.6 Å². The van der Waals surface area contributed by atoms with E-state index in [-0.39, 0.29) is 5.91 Å². The summed E-state index contributed by atoms with van der Waals surface area (Å²) in [5.74, 6) is 5.16. The molecule has 2 rings (SSSR count). The van der Waals surface area contributed by atoms with Crippen LogP contribution in [-0.4, -0.2) is 20.7 Å². The molecule has 2 aromatic heterocycles. The minimum Gasteiger partial charge on any atom is -0.348 e. The van der Waals surface area contributed by atoms with Gasteiger partial charge in [-0.15, -0.1) is 0 Å². The van der Waals surface area contributed by atoms with Crippen LogP contribution >= 0.6 is 0 Å². The lowest BCUT2D eigenvalue weighted by Crippen LogP contribution is -2.25. The summed E-state index contributed by atoms with van der Waals surface area (Å²) in [5, 5.41) is 6.83. The van der Waals surface area contributed by atoms with E-state index in [0.29, 0.717) is 17.8 Å². The molecule has 0 bridgehead atoms. The summed E-state index contributed by atoms with van der Waals surface area (Å²) in [6.07, 6.45) is 5.05. The van der Waals surface area contributed by atoms with Gasteiger partial charge in [-0.25, -0.2) is 0 Å². The van der Waals surface area contributed by atoms with Gasteiger partial charge in [0.2, 0.25) is 0 Å². The van der Waals surface area contributed by atoms with Gasteiger partial charge in [-0.3, -0.25) is 20.3 Å². The fourth-order valence-corrected chi connectivity index (χ4v) is 1.70. The Hall–Kier alpha value is -2.41. The van der Waals surface area contributed by atoms with Gasteiger partial charge < -0.3 is 10.7 Å². The molecule has 0 aliphatic carbocycles. The minimum absolute atomic E-state index is 0.232. The molecule has 0 aromatic carbocycles. The zero-order chi connectivity index (χ0) is 13.8. The normalized spacial score (nSPS) is 10.3. The van der Waals surface area contributed by atoms with Gasteiger partial charge in [0.25, 0.3) is 5.91 Å². The molecule has 0 spiro atoms. The Balaban J connectivity index is 2.07. The predicted molar refractivity (Wildman–Crippen MR) is 71.2 cm³/mol. The molecule has 0 aliphatic rings. The number of carbonyl (C=O) groups excluding carboxylic acids is 1. The molecule has 100 valence electrons. The fraction of sp³-hybridized carbons (Fsp3) is 0.250. The summed E-state index contributed by atoms with van der Waals surface area (Å²) < 4.78 is 1.68. The number of aryl methyl sites for hydroxylation is 2. The van der Waals surface area contributed by atoms with Crippen LogP contribution in [-0.2, 0) is 13.6 Å². The number of hydrogen-bond donors (Lipinski definition) is 3. The van der Waals surface area contributed by atoms with E-state index in [1.807, 2.05) is 20.2 Å². The van der Waals surface area contributed by atoms with E-state index in [9.17, 15) is 4.79 Å². The first-order valence-corrected chi connectivity index (χ1v) is 5.79. The van der Waals surface area contributed by atoms with Crippen molar-refractivity contribution in [3.05, 3.63) is 41.5 Å². The molecule has 7 nitrogen and oxygen atoms in total. The number of rotatable bonds is 4. The van der Waals surface area contributed by atoms with E-state index in [1.165, 1.54) is 6.20 Å². The first-order valence-electron chi connectivity index (χ1n) is 5.79. The van der Waals surface area contributed by atoms with Crippen LogP contribution in [0.2, 0.25) is 0 Å². The SMILES string of the molecule is Cc1cc(NN)c(C(=O)NCc2cnn(C)c2)cn1. The van der Waals surface area contributed by atoms with Gasteiger partial charge in [0.15, 0.2) is 0 Å². The van der Waals surface area contributed by atoms with Crippen molar-refractivity contribution in [1.29, 1.82) is 0 Å². The summed E-state index contributed by atoms with van der Waals surface area (Å²) in [6.45, 7) is 2.24. The number of anilines is 1. The second-order valence-corrected chi connectivity index (χ2v) is 4.22. The molecular formula is C12H16N6O. The Labute approximate surface area is 110 Å². The van der Waals surface area contributed by atoms with Gasteiger partial charge in [-0.05, 0) is 13.0 Å². The van der Waals surface area contributed by atoms with Crippen LogP contribution in [0.4, 0.5) is 5.69 Å². The van der Waals surface area contributed by atoms with Crippen molar-refractivity contribution in [3.63, 3.8) is 0 Å². The summed E-state index contributed by atoms with van der Waals surface area (Å²) in [7, 11) is 1.83. The number of amides is 1. The third-order valence-corrected chi connectivity index (χ3v) is 2.65. The number of aromatic nitrogens is 3. The minimum atomic E-state index is -0.232. The van der Waals surface area contributed by atoms with Crippen molar-refractivity contribution in [2.24, 2.45) is 12.9 Å². The highest BCUT2D eigenvalue weighted by Gasteiger charge is 2.11. The summed E-state index contributed by atoms with van der Waals surface area (Å²) in [5.41, 5.74) is 5.19. The molecule has 4 N–H and O–H groups in total. The Bertz CT molecular complexity index is 592. The maximum Gasteiger partial charge on any atom is 0.255 e. The number of nitrogens with one attached hydrogen (secondary N) is 2. The molecule has 1 amide bonds. The van der Waals surface area contributed by atoms with E-state index in [2.05, 4.69) is 20.8 Å². The number of nitrogens with two attached hydrogens (primary N) is 1. The van der Waals surface area contributed by atoms with Crippen LogP contribution in [0, 0.1) is 6.92 Å². The Morgan fingerprint density at radius 3 is 2.89 bits per heavy atom. The van der Waals surface area contributed by atoms with Crippen molar-refractivity contribution in [2.75, 3.05) is 5.43 Å². The lowest BCUT2D eigenvalue weighted by molar-refractivity contribution is 0.0951. The molecule has 0 fully saturated rings. The molecular weight excluding hydrogens is 244 g/mol. The number of carbonyl (C=O) groups is 1. The van der Waals surface area contributed by atoms with Crippen molar-refractivity contribution in [2.45, 2.75) is 13.5 Å². The van der Waals surface area contributed by atoms with E-state index < -0.39 is 0 Å². The first kappa shape index (κ1) is 13.0. The Kier molecular flexibility index (Phi) is 3.76. The molecule has 0 atom stereocenters. The zero-order valence-electron chi connectivity index (χ0n) is 10.8. The Morgan fingerprint density at radius 2 is 2.26 bits per heavy atom. The van der Waals surface area contributed by atoms with Gasteiger partial charge >= 0.3 is 0 Å². The molecule has 2 heterocycles. The highest BCUT2D eigenvalue weighted by atomic mass is 16.1. The zero-order valence-corrected chi connectivity index (χ0v) is 10.8. The Morgan fingerprint density at radius 1 is 1.47 bits per heavy atom. The number of hydrazine groups is 1. The van der Waals surface area contributed by atoms with Crippen LogP contribution in [0.1, 0.15) is 21.6 Å². The number of hydrogen-bond acceptors (Lipinski definition) is 5. The lowest BCUT2D eigenvalue weighted by atomic mass is 10.2. The highest BCUT2D eigenvalue weighted by molar-refractivity contribution is 5.99. The molecule has 19 heavy (non-hydrogen) atoms. The fourth-order valence-electron chi connectivity index (χ4n) is 1.70. The molecule has 0 radical (unpaired) electrons. The average molecular weight is 260 g/mol. The van der Waals surface area contributed by atoms with Gasteiger partial charge in [0.05, 0.1) is 17.4 Å². The highest BCUT2D eigenvalue weighted by Crippen LogP contribution is 2.14.